The summed E-state index contributed by atoms with van der Waals surface area (Å²) in [6.07, 6.45) is 4.50. The molecule has 0 radical (unpaired) electrons. The maximum Gasteiger partial charge on any atom is 0.256 e. The third-order valence-corrected chi connectivity index (χ3v) is 5.81. The van der Waals surface area contributed by atoms with E-state index in [1.54, 1.807) is 0 Å². The zero-order chi connectivity index (χ0) is 20.5. The normalized spacial score (nSPS) is 18.5. The molecule has 1 saturated carbocycles. The number of ether oxygens (including phenoxy) is 2. The number of amides is 1. The van der Waals surface area contributed by atoms with Crippen molar-refractivity contribution >= 4 is 22.5 Å². The maximum absolute atomic E-state index is 13.3. The van der Waals surface area contributed by atoms with Gasteiger partial charge in [-0.25, -0.2) is 0 Å². The smallest absolute Gasteiger partial charge is 0.256 e. The number of fused-ring (bicyclic) bond motifs is 1. The number of hydrogen-bond donors (Lipinski definition) is 1. The van der Waals surface area contributed by atoms with E-state index in [4.69, 9.17) is 14.5 Å². The summed E-state index contributed by atoms with van der Waals surface area (Å²) in [5.74, 6) is 1.02. The van der Waals surface area contributed by atoms with Crippen LogP contribution < -0.4 is 10.1 Å². The van der Waals surface area contributed by atoms with Crippen molar-refractivity contribution in [2.24, 2.45) is 0 Å². The van der Waals surface area contributed by atoms with Gasteiger partial charge in [0.2, 0.25) is 0 Å². The molecule has 1 atom stereocenters. The Bertz CT molecular complexity index is 1080. The molecule has 1 amide bonds. The number of hydrogen-bond acceptors (Lipinski definition) is 4. The lowest BCUT2D eigenvalue weighted by molar-refractivity contribution is 0.0681. The van der Waals surface area contributed by atoms with Crippen LogP contribution in [0.3, 0.4) is 0 Å². The Hall–Kier alpha value is -2.92. The third kappa shape index (κ3) is 4.03. The molecule has 0 bridgehead atoms. The van der Waals surface area contributed by atoms with Crippen LogP contribution in [0.4, 0.5) is 5.69 Å². The molecular formula is C25H26N2O3. The highest BCUT2D eigenvalue weighted by Gasteiger charge is 2.27. The van der Waals surface area contributed by atoms with Crippen molar-refractivity contribution in [2.45, 2.75) is 44.6 Å². The summed E-state index contributed by atoms with van der Waals surface area (Å²) in [6.45, 7) is 3.31. The van der Waals surface area contributed by atoms with Crippen LogP contribution in [0.15, 0.2) is 48.5 Å². The van der Waals surface area contributed by atoms with E-state index in [1.165, 1.54) is 0 Å². The van der Waals surface area contributed by atoms with Crippen LogP contribution in [-0.2, 0) is 4.74 Å². The number of anilines is 1. The fourth-order valence-corrected chi connectivity index (χ4v) is 3.97. The molecule has 5 rings (SSSR count). The second-order valence-electron chi connectivity index (χ2n) is 8.29. The second-order valence-corrected chi connectivity index (χ2v) is 8.29. The minimum atomic E-state index is -0.138. The molecule has 1 aliphatic carbocycles. The zero-order valence-corrected chi connectivity index (χ0v) is 17.2. The highest BCUT2D eigenvalue weighted by molar-refractivity contribution is 6.12. The van der Waals surface area contributed by atoms with Gasteiger partial charge in [-0.15, -0.1) is 0 Å². The first-order valence-corrected chi connectivity index (χ1v) is 10.7. The van der Waals surface area contributed by atoms with E-state index in [9.17, 15) is 4.79 Å². The number of carbonyl (C=O) groups is 1. The maximum atomic E-state index is 13.3. The molecule has 3 aromatic rings. The largest absolute Gasteiger partial charge is 0.489 e. The van der Waals surface area contributed by atoms with Crippen LogP contribution in [0.1, 0.15) is 53.2 Å². The number of nitrogens with one attached hydrogen (secondary N) is 1. The lowest BCUT2D eigenvalue weighted by Crippen LogP contribution is -2.18. The van der Waals surface area contributed by atoms with E-state index in [-0.39, 0.29) is 12.0 Å². The van der Waals surface area contributed by atoms with Gasteiger partial charge in [-0.2, -0.15) is 0 Å². The van der Waals surface area contributed by atoms with Crippen LogP contribution in [0.25, 0.3) is 10.9 Å². The minimum Gasteiger partial charge on any atom is -0.489 e. The van der Waals surface area contributed by atoms with Gasteiger partial charge in [0, 0.05) is 23.6 Å². The first kappa shape index (κ1) is 19.1. The van der Waals surface area contributed by atoms with E-state index < -0.39 is 0 Å². The van der Waals surface area contributed by atoms with Crippen molar-refractivity contribution in [1.29, 1.82) is 0 Å². The number of rotatable bonds is 6. The zero-order valence-electron chi connectivity index (χ0n) is 17.2. The minimum absolute atomic E-state index is 0.124. The van der Waals surface area contributed by atoms with Gasteiger partial charge in [-0.3, -0.25) is 9.78 Å². The summed E-state index contributed by atoms with van der Waals surface area (Å²) in [6, 6.07) is 15.6. The average Bonchev–Trinajstić information content (AvgIpc) is 3.48. The summed E-state index contributed by atoms with van der Waals surface area (Å²) in [7, 11) is 0. The van der Waals surface area contributed by atoms with Crippen molar-refractivity contribution in [3.63, 3.8) is 0 Å². The molecule has 1 aliphatic heterocycles. The Morgan fingerprint density at radius 2 is 2.03 bits per heavy atom. The Kier molecular flexibility index (Phi) is 5.13. The molecule has 5 nitrogen and oxygen atoms in total. The van der Waals surface area contributed by atoms with Crippen molar-refractivity contribution < 1.29 is 14.3 Å². The Morgan fingerprint density at radius 1 is 1.17 bits per heavy atom. The monoisotopic (exact) mass is 402 g/mol. The Balaban J connectivity index is 1.42. The lowest BCUT2D eigenvalue weighted by Gasteiger charge is -2.16. The van der Waals surface area contributed by atoms with Crippen LogP contribution >= 0.6 is 0 Å². The number of nitrogens with zero attached hydrogens (tertiary/aromatic N) is 1. The number of aromatic nitrogens is 1. The highest BCUT2D eigenvalue weighted by Crippen LogP contribution is 2.40. The van der Waals surface area contributed by atoms with E-state index in [0.29, 0.717) is 29.5 Å². The second kappa shape index (κ2) is 8.07. The van der Waals surface area contributed by atoms with Gasteiger partial charge in [-0.05, 0) is 62.4 Å². The summed E-state index contributed by atoms with van der Waals surface area (Å²) in [5.41, 5.74) is 4.30. The first-order chi connectivity index (χ1) is 14.7. The molecule has 1 saturated heterocycles. The summed E-state index contributed by atoms with van der Waals surface area (Å²) in [5, 5.41) is 3.94. The predicted molar refractivity (Wildman–Crippen MR) is 117 cm³/mol. The van der Waals surface area contributed by atoms with Gasteiger partial charge in [0.25, 0.3) is 5.91 Å². The number of pyridine rings is 1. The van der Waals surface area contributed by atoms with Gasteiger partial charge in [0.15, 0.2) is 0 Å². The molecule has 2 aliphatic rings. The van der Waals surface area contributed by atoms with Crippen LogP contribution in [0.2, 0.25) is 0 Å². The molecule has 1 unspecified atom stereocenters. The van der Waals surface area contributed by atoms with Crippen LogP contribution in [0, 0.1) is 6.92 Å². The molecule has 1 aromatic heterocycles. The molecule has 1 N–H and O–H groups in total. The average molecular weight is 402 g/mol. The van der Waals surface area contributed by atoms with E-state index >= 15 is 0 Å². The number of para-hydroxylation sites is 1. The molecule has 154 valence electrons. The Labute approximate surface area is 176 Å². The number of aryl methyl sites for hydroxylation is 1. The SMILES string of the molecule is Cc1ccc(NC(=O)c2cc(C3CC3)nc3ccccc23)c(OCC2CCCO2)c1. The quantitative estimate of drug-likeness (QED) is 0.613. The predicted octanol–water partition coefficient (Wildman–Crippen LogP) is 5.23. The number of carbonyl (C=O) groups excluding carboxylic acids is 1. The fourth-order valence-electron chi connectivity index (χ4n) is 3.97. The van der Waals surface area contributed by atoms with E-state index in [0.717, 1.165) is 54.5 Å². The third-order valence-electron chi connectivity index (χ3n) is 5.81. The van der Waals surface area contributed by atoms with Gasteiger partial charge >= 0.3 is 0 Å². The lowest BCUT2D eigenvalue weighted by atomic mass is 10.0. The fraction of sp³-hybridized carbons (Fsp3) is 0.360. The molecule has 30 heavy (non-hydrogen) atoms. The van der Waals surface area contributed by atoms with Crippen LogP contribution in [-0.4, -0.2) is 30.2 Å². The van der Waals surface area contributed by atoms with Crippen molar-refractivity contribution in [3.05, 3.63) is 65.4 Å². The molecule has 2 fully saturated rings. The van der Waals surface area contributed by atoms with E-state index in [2.05, 4.69) is 5.32 Å². The van der Waals surface area contributed by atoms with Crippen molar-refractivity contribution in [3.8, 4) is 5.75 Å². The molecule has 2 aromatic carbocycles. The van der Waals surface area contributed by atoms with E-state index in [1.807, 2.05) is 55.5 Å². The standard InChI is InChI=1S/C25H26N2O3/c1-16-8-11-22(24(13-16)30-15-18-5-4-12-29-18)27-25(28)20-14-23(17-9-10-17)26-21-7-3-2-6-19(20)21/h2-3,6-8,11,13-14,17-18H,4-5,9-10,12,15H2,1H3,(H,27,28). The van der Waals surface area contributed by atoms with Gasteiger partial charge in [0.1, 0.15) is 12.4 Å². The molecule has 5 heteroatoms. The summed E-state index contributed by atoms with van der Waals surface area (Å²) < 4.78 is 11.7. The van der Waals surface area contributed by atoms with Crippen molar-refractivity contribution in [1.82, 2.24) is 4.98 Å². The summed E-state index contributed by atoms with van der Waals surface area (Å²) in [4.78, 5) is 18.1. The topological polar surface area (TPSA) is 60.5 Å². The van der Waals surface area contributed by atoms with Gasteiger partial charge in [0.05, 0.1) is 22.9 Å². The number of benzene rings is 2. The Morgan fingerprint density at radius 3 is 2.83 bits per heavy atom. The van der Waals surface area contributed by atoms with Gasteiger partial charge in [-0.1, -0.05) is 24.3 Å². The van der Waals surface area contributed by atoms with Crippen LogP contribution in [0.5, 0.6) is 5.75 Å². The highest BCUT2D eigenvalue weighted by atomic mass is 16.5. The first-order valence-electron chi connectivity index (χ1n) is 10.7. The van der Waals surface area contributed by atoms with Gasteiger partial charge < -0.3 is 14.8 Å². The molecule has 0 spiro atoms. The van der Waals surface area contributed by atoms with Crippen molar-refractivity contribution in [2.75, 3.05) is 18.5 Å². The summed E-state index contributed by atoms with van der Waals surface area (Å²) >= 11 is 0. The molecule has 2 heterocycles. The molecular weight excluding hydrogens is 376 g/mol.